The first kappa shape index (κ1) is 17.3. The van der Waals surface area contributed by atoms with Crippen molar-refractivity contribution in [1.82, 2.24) is 5.32 Å². The molecule has 0 heterocycles. The number of hydrogen-bond acceptors (Lipinski definition) is 2. The Morgan fingerprint density at radius 3 is 2.07 bits per heavy atom. The summed E-state index contributed by atoms with van der Waals surface area (Å²) in [6.45, 7) is 2.34. The lowest BCUT2D eigenvalue weighted by molar-refractivity contribution is 0.139. The third-order valence-electron chi connectivity index (χ3n) is 5.09. The Balaban J connectivity index is 1.39. The molecule has 3 heteroatoms. The highest BCUT2D eigenvalue weighted by Gasteiger charge is 2.29. The van der Waals surface area contributed by atoms with Crippen LogP contribution in [0.1, 0.15) is 29.5 Å². The van der Waals surface area contributed by atoms with Crippen molar-refractivity contribution >= 4 is 6.09 Å². The number of carbonyl (C=O) groups is 1. The molecule has 3 aromatic carbocycles. The molecular formula is C24H23NO2. The van der Waals surface area contributed by atoms with Crippen LogP contribution in [0.3, 0.4) is 0 Å². The van der Waals surface area contributed by atoms with Crippen molar-refractivity contribution in [3.8, 4) is 11.1 Å². The molecule has 0 unspecified atom stereocenters. The Labute approximate surface area is 160 Å². The summed E-state index contributed by atoms with van der Waals surface area (Å²) in [5.41, 5.74) is 6.12. The fourth-order valence-corrected chi connectivity index (χ4v) is 3.86. The van der Waals surface area contributed by atoms with Crippen LogP contribution >= 0.6 is 0 Å². The summed E-state index contributed by atoms with van der Waals surface area (Å²) in [6.07, 6.45) is 0.422. The standard InChI is InChI=1S/C24H23NO2/c1-17(15-18-9-3-2-4-10-18)25-24(26)27-16-23-21-13-7-5-11-19(21)20-12-6-8-14-22(20)23/h2-14,17,23H,15-16H2,1H3,(H,25,26)/t17-/m1/s1. The molecule has 1 aliphatic carbocycles. The van der Waals surface area contributed by atoms with E-state index in [1.165, 1.54) is 27.8 Å². The van der Waals surface area contributed by atoms with Crippen molar-refractivity contribution in [2.45, 2.75) is 25.3 Å². The minimum Gasteiger partial charge on any atom is -0.449 e. The van der Waals surface area contributed by atoms with Gasteiger partial charge in [0.05, 0.1) is 0 Å². The van der Waals surface area contributed by atoms with E-state index in [1.54, 1.807) is 0 Å². The van der Waals surface area contributed by atoms with Gasteiger partial charge in [0, 0.05) is 12.0 Å². The molecule has 0 saturated carbocycles. The van der Waals surface area contributed by atoms with Gasteiger partial charge in [-0.15, -0.1) is 0 Å². The predicted molar refractivity (Wildman–Crippen MR) is 108 cm³/mol. The normalized spacial score (nSPS) is 13.5. The van der Waals surface area contributed by atoms with Gasteiger partial charge in [-0.2, -0.15) is 0 Å². The highest BCUT2D eigenvalue weighted by Crippen LogP contribution is 2.44. The van der Waals surface area contributed by atoms with Gasteiger partial charge in [0.1, 0.15) is 6.61 Å². The average Bonchev–Trinajstić information content (AvgIpc) is 3.01. The number of alkyl carbamates (subject to hydrolysis) is 1. The van der Waals surface area contributed by atoms with Crippen molar-refractivity contribution < 1.29 is 9.53 Å². The number of benzene rings is 3. The summed E-state index contributed by atoms with van der Waals surface area (Å²) in [7, 11) is 0. The predicted octanol–water partition coefficient (Wildman–Crippen LogP) is 5.16. The third kappa shape index (κ3) is 3.72. The average molecular weight is 357 g/mol. The van der Waals surface area contributed by atoms with Crippen molar-refractivity contribution in [3.63, 3.8) is 0 Å². The monoisotopic (exact) mass is 357 g/mol. The molecule has 0 fully saturated rings. The maximum Gasteiger partial charge on any atom is 0.407 e. The largest absolute Gasteiger partial charge is 0.449 e. The minimum atomic E-state index is -0.361. The van der Waals surface area contributed by atoms with E-state index in [1.807, 2.05) is 37.3 Å². The third-order valence-corrected chi connectivity index (χ3v) is 5.09. The molecule has 1 N–H and O–H groups in total. The molecule has 3 aromatic rings. The molecule has 0 saturated heterocycles. The molecule has 1 atom stereocenters. The van der Waals surface area contributed by atoms with E-state index in [0.29, 0.717) is 6.61 Å². The molecule has 27 heavy (non-hydrogen) atoms. The molecule has 0 aliphatic heterocycles. The maximum absolute atomic E-state index is 12.3. The molecule has 0 bridgehead atoms. The van der Waals surface area contributed by atoms with Crippen LogP contribution in [0.2, 0.25) is 0 Å². The smallest absolute Gasteiger partial charge is 0.407 e. The Kier molecular flexibility index (Phi) is 4.93. The lowest BCUT2D eigenvalue weighted by Crippen LogP contribution is -2.35. The quantitative estimate of drug-likeness (QED) is 0.685. The summed E-state index contributed by atoms with van der Waals surface area (Å²) in [5.74, 6) is 0.0904. The fourth-order valence-electron chi connectivity index (χ4n) is 3.86. The topological polar surface area (TPSA) is 38.3 Å². The summed E-state index contributed by atoms with van der Waals surface area (Å²) in [4.78, 5) is 12.3. The van der Waals surface area contributed by atoms with Gasteiger partial charge >= 0.3 is 6.09 Å². The maximum atomic E-state index is 12.3. The summed E-state index contributed by atoms with van der Waals surface area (Å²) < 4.78 is 5.60. The first-order chi connectivity index (χ1) is 13.2. The van der Waals surface area contributed by atoms with Gasteiger partial charge in [0.25, 0.3) is 0 Å². The molecule has 0 aromatic heterocycles. The van der Waals surface area contributed by atoms with E-state index >= 15 is 0 Å². The Hall–Kier alpha value is -3.07. The Morgan fingerprint density at radius 1 is 0.889 bits per heavy atom. The van der Waals surface area contributed by atoms with Crippen LogP contribution in [-0.2, 0) is 11.2 Å². The van der Waals surface area contributed by atoms with Crippen LogP contribution in [0.15, 0.2) is 78.9 Å². The molecule has 136 valence electrons. The van der Waals surface area contributed by atoms with E-state index in [0.717, 1.165) is 6.42 Å². The van der Waals surface area contributed by atoms with Crippen LogP contribution in [0.5, 0.6) is 0 Å². The van der Waals surface area contributed by atoms with Crippen LogP contribution in [-0.4, -0.2) is 18.7 Å². The number of rotatable bonds is 5. The zero-order valence-electron chi connectivity index (χ0n) is 15.4. The van der Waals surface area contributed by atoms with E-state index < -0.39 is 0 Å². The summed E-state index contributed by atoms with van der Waals surface area (Å²) in [5, 5.41) is 2.94. The zero-order valence-corrected chi connectivity index (χ0v) is 15.4. The molecule has 4 rings (SSSR count). The Bertz CT molecular complexity index is 890. The number of amides is 1. The van der Waals surface area contributed by atoms with E-state index in [9.17, 15) is 4.79 Å². The first-order valence-corrected chi connectivity index (χ1v) is 9.38. The number of nitrogens with one attached hydrogen (secondary N) is 1. The molecule has 0 radical (unpaired) electrons. The summed E-state index contributed by atoms with van der Waals surface area (Å²) >= 11 is 0. The van der Waals surface area contributed by atoms with Crippen LogP contribution in [0.4, 0.5) is 4.79 Å². The van der Waals surface area contributed by atoms with E-state index in [2.05, 4.69) is 53.8 Å². The number of carbonyl (C=O) groups excluding carboxylic acids is 1. The Morgan fingerprint density at radius 2 is 1.44 bits per heavy atom. The molecule has 1 aliphatic rings. The van der Waals surface area contributed by atoms with Gasteiger partial charge in [0.15, 0.2) is 0 Å². The second-order valence-corrected chi connectivity index (χ2v) is 7.06. The van der Waals surface area contributed by atoms with E-state index in [4.69, 9.17) is 4.74 Å². The first-order valence-electron chi connectivity index (χ1n) is 9.38. The molecular weight excluding hydrogens is 334 g/mol. The van der Waals surface area contributed by atoms with Gasteiger partial charge in [-0.3, -0.25) is 0 Å². The van der Waals surface area contributed by atoms with Gasteiger partial charge in [-0.05, 0) is 41.2 Å². The SMILES string of the molecule is C[C@H](Cc1ccccc1)NC(=O)OCC1c2ccccc2-c2ccccc21. The minimum absolute atomic E-state index is 0.0167. The van der Waals surface area contributed by atoms with Crippen LogP contribution in [0.25, 0.3) is 11.1 Å². The number of fused-ring (bicyclic) bond motifs is 3. The second-order valence-electron chi connectivity index (χ2n) is 7.06. The van der Waals surface area contributed by atoms with Gasteiger partial charge in [0.2, 0.25) is 0 Å². The lowest BCUT2D eigenvalue weighted by atomic mass is 9.98. The molecule has 0 spiro atoms. The number of hydrogen-bond donors (Lipinski definition) is 1. The van der Waals surface area contributed by atoms with Crippen LogP contribution < -0.4 is 5.32 Å². The lowest BCUT2D eigenvalue weighted by Gasteiger charge is -2.17. The zero-order chi connectivity index (χ0) is 18.6. The van der Waals surface area contributed by atoms with E-state index in [-0.39, 0.29) is 18.1 Å². The van der Waals surface area contributed by atoms with Gasteiger partial charge in [-0.1, -0.05) is 78.9 Å². The van der Waals surface area contributed by atoms with Crippen molar-refractivity contribution in [2.24, 2.45) is 0 Å². The van der Waals surface area contributed by atoms with Crippen molar-refractivity contribution in [2.75, 3.05) is 6.61 Å². The van der Waals surface area contributed by atoms with Gasteiger partial charge < -0.3 is 10.1 Å². The fraction of sp³-hybridized carbons (Fsp3) is 0.208. The molecule has 3 nitrogen and oxygen atoms in total. The highest BCUT2D eigenvalue weighted by molar-refractivity contribution is 5.79. The van der Waals surface area contributed by atoms with Crippen molar-refractivity contribution in [1.29, 1.82) is 0 Å². The second kappa shape index (κ2) is 7.67. The van der Waals surface area contributed by atoms with Crippen LogP contribution in [0, 0.1) is 0 Å². The number of ether oxygens (including phenoxy) is 1. The molecule has 1 amide bonds. The summed E-state index contributed by atoms with van der Waals surface area (Å²) in [6, 6.07) is 26.9. The highest BCUT2D eigenvalue weighted by atomic mass is 16.5. The van der Waals surface area contributed by atoms with Gasteiger partial charge in [-0.25, -0.2) is 4.79 Å². The van der Waals surface area contributed by atoms with Crippen molar-refractivity contribution in [3.05, 3.63) is 95.6 Å².